The van der Waals surface area contributed by atoms with Crippen molar-refractivity contribution in [1.82, 2.24) is 19.5 Å². The van der Waals surface area contributed by atoms with Crippen molar-refractivity contribution in [1.29, 1.82) is 0 Å². The molecule has 0 N–H and O–H groups in total. The van der Waals surface area contributed by atoms with E-state index < -0.39 is 0 Å². The Hall–Kier alpha value is -2.32. The zero-order valence-electron chi connectivity index (χ0n) is 15.6. The Morgan fingerprint density at radius 1 is 1.26 bits per heavy atom. The fourth-order valence-electron chi connectivity index (χ4n) is 3.36. The van der Waals surface area contributed by atoms with E-state index in [1.165, 1.54) is 11.8 Å². The maximum atomic E-state index is 12.8. The molecule has 0 spiro atoms. The summed E-state index contributed by atoms with van der Waals surface area (Å²) in [6, 6.07) is 7.99. The number of ether oxygens (including phenoxy) is 2. The summed E-state index contributed by atoms with van der Waals surface area (Å²) in [6.45, 7) is 6.45. The van der Waals surface area contributed by atoms with Crippen molar-refractivity contribution in [2.45, 2.75) is 24.3 Å². The number of hydrogen-bond donors (Lipinski definition) is 0. The Morgan fingerprint density at radius 2 is 2.04 bits per heavy atom. The van der Waals surface area contributed by atoms with E-state index in [4.69, 9.17) is 9.47 Å². The van der Waals surface area contributed by atoms with Crippen LogP contribution >= 0.6 is 11.8 Å². The van der Waals surface area contributed by atoms with Crippen LogP contribution in [0.15, 0.2) is 29.4 Å². The summed E-state index contributed by atoms with van der Waals surface area (Å²) in [5.41, 5.74) is 2.87. The van der Waals surface area contributed by atoms with Crippen molar-refractivity contribution in [2.24, 2.45) is 0 Å². The fourth-order valence-corrected chi connectivity index (χ4v) is 4.31. The Bertz CT molecular complexity index is 997. The summed E-state index contributed by atoms with van der Waals surface area (Å²) >= 11 is 1.43. The van der Waals surface area contributed by atoms with Gasteiger partial charge in [0.05, 0.1) is 31.1 Å². The number of carbonyl (C=O) groups excluding carboxylic acids is 1. The van der Waals surface area contributed by atoms with E-state index in [9.17, 15) is 4.79 Å². The molecule has 0 saturated carbocycles. The second-order valence-corrected chi connectivity index (χ2v) is 7.89. The van der Waals surface area contributed by atoms with Crippen LogP contribution < -0.4 is 4.74 Å². The molecule has 27 heavy (non-hydrogen) atoms. The first-order valence-electron chi connectivity index (χ1n) is 8.94. The molecule has 1 amide bonds. The molecule has 1 saturated heterocycles. The van der Waals surface area contributed by atoms with Crippen molar-refractivity contribution < 1.29 is 14.3 Å². The standard InChI is InChI=1S/C19H22N4O3S/c1-12-10-17-20-21-19(23(17)16-11-14(25-3)4-5-15(12)16)27-13(2)18(24)22-6-8-26-9-7-22/h4-5,10-11,13H,6-9H2,1-3H3/t13-/m1/s1. The van der Waals surface area contributed by atoms with Gasteiger partial charge in [0.1, 0.15) is 5.75 Å². The lowest BCUT2D eigenvalue weighted by molar-refractivity contribution is -0.134. The Labute approximate surface area is 161 Å². The number of fused-ring (bicyclic) bond motifs is 3. The van der Waals surface area contributed by atoms with Crippen LogP contribution in [0.25, 0.3) is 16.6 Å². The highest BCUT2D eigenvalue weighted by Crippen LogP contribution is 2.30. The van der Waals surface area contributed by atoms with E-state index in [0.717, 1.165) is 27.9 Å². The molecular formula is C19H22N4O3S. The van der Waals surface area contributed by atoms with Crippen molar-refractivity contribution in [3.8, 4) is 5.75 Å². The molecule has 8 heteroatoms. The number of amides is 1. The van der Waals surface area contributed by atoms with Crippen LogP contribution in [0.1, 0.15) is 12.5 Å². The van der Waals surface area contributed by atoms with Gasteiger partial charge >= 0.3 is 0 Å². The van der Waals surface area contributed by atoms with Gasteiger partial charge in [0.15, 0.2) is 10.8 Å². The number of morpholine rings is 1. The molecule has 3 aromatic rings. The second-order valence-electron chi connectivity index (χ2n) is 6.58. The normalized spacial score (nSPS) is 16.0. The Morgan fingerprint density at radius 3 is 2.78 bits per heavy atom. The molecule has 142 valence electrons. The van der Waals surface area contributed by atoms with Crippen LogP contribution in [-0.2, 0) is 9.53 Å². The Balaban J connectivity index is 1.71. The van der Waals surface area contributed by atoms with Gasteiger partial charge < -0.3 is 14.4 Å². The molecule has 4 rings (SSSR count). The summed E-state index contributed by atoms with van der Waals surface area (Å²) in [5.74, 6) is 0.880. The number of aryl methyl sites for hydroxylation is 1. The lowest BCUT2D eigenvalue weighted by Gasteiger charge is -2.28. The molecule has 0 radical (unpaired) electrons. The van der Waals surface area contributed by atoms with Gasteiger partial charge in [0.25, 0.3) is 0 Å². The zero-order valence-corrected chi connectivity index (χ0v) is 16.5. The van der Waals surface area contributed by atoms with Gasteiger partial charge in [-0.05, 0) is 37.6 Å². The van der Waals surface area contributed by atoms with E-state index in [-0.39, 0.29) is 11.2 Å². The molecule has 3 heterocycles. The topological polar surface area (TPSA) is 69.0 Å². The summed E-state index contributed by atoms with van der Waals surface area (Å²) in [7, 11) is 1.65. The highest BCUT2D eigenvalue weighted by molar-refractivity contribution is 8.00. The van der Waals surface area contributed by atoms with E-state index in [2.05, 4.69) is 17.1 Å². The highest BCUT2D eigenvalue weighted by Gasteiger charge is 2.25. The third-order valence-electron chi connectivity index (χ3n) is 4.83. The summed E-state index contributed by atoms with van der Waals surface area (Å²) in [4.78, 5) is 14.6. The first-order chi connectivity index (χ1) is 13.1. The molecule has 0 unspecified atom stereocenters. The van der Waals surface area contributed by atoms with Crippen molar-refractivity contribution >= 4 is 34.2 Å². The number of carbonyl (C=O) groups is 1. The van der Waals surface area contributed by atoms with Gasteiger partial charge in [-0.25, -0.2) is 0 Å². The second kappa shape index (κ2) is 7.36. The molecule has 0 bridgehead atoms. The van der Waals surface area contributed by atoms with Crippen LogP contribution in [0.5, 0.6) is 5.75 Å². The number of benzene rings is 1. The third-order valence-corrected chi connectivity index (χ3v) is 5.86. The predicted molar refractivity (Wildman–Crippen MR) is 105 cm³/mol. The highest BCUT2D eigenvalue weighted by atomic mass is 32.2. The van der Waals surface area contributed by atoms with Gasteiger partial charge in [-0.15, -0.1) is 10.2 Å². The molecule has 1 aromatic carbocycles. The molecule has 1 aliphatic heterocycles. The maximum absolute atomic E-state index is 12.8. The Kier molecular flexibility index (Phi) is 4.92. The van der Waals surface area contributed by atoms with E-state index in [0.29, 0.717) is 31.5 Å². The summed E-state index contributed by atoms with van der Waals surface area (Å²) < 4.78 is 12.7. The molecule has 1 fully saturated rings. The number of hydrogen-bond acceptors (Lipinski definition) is 6. The SMILES string of the molecule is COc1ccc2c(C)cc3nnc(S[C@H](C)C(=O)N4CCOCC4)n3c2c1. The van der Waals surface area contributed by atoms with Gasteiger partial charge in [0, 0.05) is 24.5 Å². The van der Waals surface area contributed by atoms with Gasteiger partial charge in [0.2, 0.25) is 5.91 Å². The van der Waals surface area contributed by atoms with Crippen LogP contribution in [0.2, 0.25) is 0 Å². The number of nitrogens with zero attached hydrogens (tertiary/aromatic N) is 4. The average molecular weight is 386 g/mol. The van der Waals surface area contributed by atoms with Crippen LogP contribution in [-0.4, -0.2) is 64.1 Å². The number of methoxy groups -OCH3 is 1. The molecule has 7 nitrogen and oxygen atoms in total. The third kappa shape index (κ3) is 3.35. The van der Waals surface area contributed by atoms with Crippen LogP contribution in [0.4, 0.5) is 0 Å². The number of pyridine rings is 1. The lowest BCUT2D eigenvalue weighted by Crippen LogP contribution is -2.44. The van der Waals surface area contributed by atoms with Crippen molar-refractivity contribution in [3.63, 3.8) is 0 Å². The first kappa shape index (κ1) is 18.1. The van der Waals surface area contributed by atoms with Crippen LogP contribution in [0, 0.1) is 6.92 Å². The minimum Gasteiger partial charge on any atom is -0.497 e. The molecule has 2 aromatic heterocycles. The molecule has 0 aliphatic carbocycles. The first-order valence-corrected chi connectivity index (χ1v) is 9.82. The molecule has 1 atom stereocenters. The fraction of sp³-hybridized carbons (Fsp3) is 0.421. The monoisotopic (exact) mass is 386 g/mol. The quantitative estimate of drug-likeness (QED) is 0.642. The predicted octanol–water partition coefficient (Wildman–Crippen LogP) is 2.54. The minimum atomic E-state index is -0.252. The van der Waals surface area contributed by atoms with Gasteiger partial charge in [-0.3, -0.25) is 9.20 Å². The minimum absolute atomic E-state index is 0.106. The van der Waals surface area contributed by atoms with Crippen molar-refractivity contribution in [3.05, 3.63) is 29.8 Å². The summed E-state index contributed by atoms with van der Waals surface area (Å²) in [5, 5.41) is 10.2. The number of aromatic nitrogens is 3. The van der Waals surface area contributed by atoms with Gasteiger partial charge in [-0.2, -0.15) is 0 Å². The van der Waals surface area contributed by atoms with E-state index >= 15 is 0 Å². The van der Waals surface area contributed by atoms with Gasteiger partial charge in [-0.1, -0.05) is 11.8 Å². The van der Waals surface area contributed by atoms with Crippen molar-refractivity contribution in [2.75, 3.05) is 33.4 Å². The molecule has 1 aliphatic rings. The lowest BCUT2D eigenvalue weighted by atomic mass is 10.1. The zero-order chi connectivity index (χ0) is 19.0. The largest absolute Gasteiger partial charge is 0.497 e. The van der Waals surface area contributed by atoms with E-state index in [1.54, 1.807) is 7.11 Å². The smallest absolute Gasteiger partial charge is 0.236 e. The number of thioether (sulfide) groups is 1. The maximum Gasteiger partial charge on any atom is 0.236 e. The van der Waals surface area contributed by atoms with Crippen LogP contribution in [0.3, 0.4) is 0 Å². The average Bonchev–Trinajstić information content (AvgIpc) is 3.10. The van der Waals surface area contributed by atoms with E-state index in [1.807, 2.05) is 40.5 Å². The summed E-state index contributed by atoms with van der Waals surface area (Å²) in [6.07, 6.45) is 0. The number of rotatable bonds is 4. The molecular weight excluding hydrogens is 364 g/mol.